The standard InChI is InChI=1S/C10H10FN3/c1-14-10(12)9(6-13-14)7-3-2-4-8(11)5-7/h2-6H,12H2,1H3. The Kier molecular flexibility index (Phi) is 1.96. The van der Waals surface area contributed by atoms with Gasteiger partial charge < -0.3 is 5.73 Å². The second-order valence-corrected chi connectivity index (χ2v) is 3.08. The van der Waals surface area contributed by atoms with Gasteiger partial charge in [-0.05, 0) is 17.7 Å². The minimum absolute atomic E-state index is 0.272. The summed E-state index contributed by atoms with van der Waals surface area (Å²) in [5, 5.41) is 3.99. The first-order valence-electron chi connectivity index (χ1n) is 4.22. The van der Waals surface area contributed by atoms with E-state index < -0.39 is 0 Å². The zero-order valence-corrected chi connectivity index (χ0v) is 7.74. The van der Waals surface area contributed by atoms with Gasteiger partial charge in [-0.3, -0.25) is 4.68 Å². The first-order chi connectivity index (χ1) is 6.68. The van der Waals surface area contributed by atoms with Gasteiger partial charge in [-0.1, -0.05) is 12.1 Å². The van der Waals surface area contributed by atoms with Gasteiger partial charge in [0.1, 0.15) is 11.6 Å². The number of nitrogens with zero attached hydrogens (tertiary/aromatic N) is 2. The molecule has 72 valence electrons. The first kappa shape index (κ1) is 8.74. The fourth-order valence-electron chi connectivity index (χ4n) is 1.33. The summed E-state index contributed by atoms with van der Waals surface area (Å²) in [5.41, 5.74) is 7.27. The van der Waals surface area contributed by atoms with E-state index in [0.717, 1.165) is 11.1 Å². The van der Waals surface area contributed by atoms with Gasteiger partial charge in [0.25, 0.3) is 0 Å². The van der Waals surface area contributed by atoms with E-state index in [-0.39, 0.29) is 5.82 Å². The van der Waals surface area contributed by atoms with Crippen molar-refractivity contribution in [3.05, 3.63) is 36.3 Å². The lowest BCUT2D eigenvalue weighted by Gasteiger charge is -2.00. The van der Waals surface area contributed by atoms with Crippen LogP contribution in [-0.2, 0) is 7.05 Å². The molecule has 0 bridgehead atoms. The maximum atomic E-state index is 12.9. The molecule has 0 aliphatic carbocycles. The molecule has 0 saturated heterocycles. The second kappa shape index (κ2) is 3.14. The van der Waals surface area contributed by atoms with Crippen molar-refractivity contribution in [3.8, 4) is 11.1 Å². The van der Waals surface area contributed by atoms with E-state index in [1.54, 1.807) is 30.1 Å². The molecule has 0 aliphatic rings. The molecule has 0 aliphatic heterocycles. The number of anilines is 1. The number of benzene rings is 1. The third-order valence-electron chi connectivity index (χ3n) is 2.12. The molecule has 1 aromatic carbocycles. The van der Waals surface area contributed by atoms with Crippen molar-refractivity contribution in [2.75, 3.05) is 5.73 Å². The fourth-order valence-corrected chi connectivity index (χ4v) is 1.33. The van der Waals surface area contributed by atoms with Crippen molar-refractivity contribution in [1.82, 2.24) is 9.78 Å². The summed E-state index contributed by atoms with van der Waals surface area (Å²) >= 11 is 0. The van der Waals surface area contributed by atoms with Gasteiger partial charge in [-0.2, -0.15) is 5.10 Å². The number of aromatic nitrogens is 2. The monoisotopic (exact) mass is 191 g/mol. The molecule has 0 spiro atoms. The van der Waals surface area contributed by atoms with Crippen molar-refractivity contribution in [3.63, 3.8) is 0 Å². The first-order valence-corrected chi connectivity index (χ1v) is 4.22. The third kappa shape index (κ3) is 1.35. The van der Waals surface area contributed by atoms with Crippen LogP contribution in [-0.4, -0.2) is 9.78 Å². The molecule has 0 amide bonds. The third-order valence-corrected chi connectivity index (χ3v) is 2.12. The molecule has 0 saturated carbocycles. The predicted molar refractivity (Wildman–Crippen MR) is 53.0 cm³/mol. The predicted octanol–water partition coefficient (Wildman–Crippen LogP) is 1.81. The van der Waals surface area contributed by atoms with Crippen LogP contribution in [0.5, 0.6) is 0 Å². The van der Waals surface area contributed by atoms with Crippen LogP contribution in [0.25, 0.3) is 11.1 Å². The van der Waals surface area contributed by atoms with Gasteiger partial charge in [-0.15, -0.1) is 0 Å². The highest BCUT2D eigenvalue weighted by molar-refractivity contribution is 5.73. The smallest absolute Gasteiger partial charge is 0.129 e. The molecule has 14 heavy (non-hydrogen) atoms. The minimum atomic E-state index is -0.272. The van der Waals surface area contributed by atoms with Crippen LogP contribution >= 0.6 is 0 Å². The summed E-state index contributed by atoms with van der Waals surface area (Å²) in [5.74, 6) is 0.265. The van der Waals surface area contributed by atoms with Gasteiger partial charge in [0.15, 0.2) is 0 Å². The Labute approximate surface area is 81.0 Å². The van der Waals surface area contributed by atoms with E-state index in [1.165, 1.54) is 12.1 Å². The van der Waals surface area contributed by atoms with E-state index >= 15 is 0 Å². The highest BCUT2D eigenvalue weighted by Gasteiger charge is 2.07. The van der Waals surface area contributed by atoms with Crippen molar-refractivity contribution in [2.45, 2.75) is 0 Å². The van der Waals surface area contributed by atoms with Crippen LogP contribution in [0.3, 0.4) is 0 Å². The lowest BCUT2D eigenvalue weighted by molar-refractivity contribution is 0.628. The van der Waals surface area contributed by atoms with E-state index in [0.29, 0.717) is 5.82 Å². The molecule has 0 radical (unpaired) electrons. The Morgan fingerprint density at radius 2 is 2.21 bits per heavy atom. The fraction of sp³-hybridized carbons (Fsp3) is 0.100. The maximum absolute atomic E-state index is 12.9. The summed E-state index contributed by atoms with van der Waals surface area (Å²) in [6.45, 7) is 0. The molecule has 0 atom stereocenters. The van der Waals surface area contributed by atoms with Crippen LogP contribution in [0.2, 0.25) is 0 Å². The highest BCUT2D eigenvalue weighted by Crippen LogP contribution is 2.25. The number of hydrogen-bond donors (Lipinski definition) is 1. The zero-order valence-electron chi connectivity index (χ0n) is 7.74. The molecule has 0 fully saturated rings. The van der Waals surface area contributed by atoms with Crippen LogP contribution in [0, 0.1) is 5.82 Å². The molecular formula is C10H10FN3. The number of nitrogen functional groups attached to an aromatic ring is 1. The summed E-state index contributed by atoms with van der Waals surface area (Å²) in [6, 6.07) is 6.29. The Bertz CT molecular complexity index is 462. The average molecular weight is 191 g/mol. The normalized spacial score (nSPS) is 10.4. The van der Waals surface area contributed by atoms with Gasteiger partial charge in [0.2, 0.25) is 0 Å². The Hall–Kier alpha value is -1.84. The molecule has 1 aromatic heterocycles. The number of halogens is 1. The molecular weight excluding hydrogens is 181 g/mol. The summed E-state index contributed by atoms with van der Waals surface area (Å²) in [6.07, 6.45) is 1.63. The topological polar surface area (TPSA) is 43.8 Å². The molecule has 1 heterocycles. The lowest BCUT2D eigenvalue weighted by Crippen LogP contribution is -1.98. The van der Waals surface area contributed by atoms with E-state index in [4.69, 9.17) is 5.73 Å². The van der Waals surface area contributed by atoms with Crippen LogP contribution in [0.15, 0.2) is 30.5 Å². The number of aryl methyl sites for hydroxylation is 1. The molecule has 2 rings (SSSR count). The Morgan fingerprint density at radius 1 is 1.43 bits per heavy atom. The molecule has 4 heteroatoms. The van der Waals surface area contributed by atoms with Crippen LogP contribution < -0.4 is 5.73 Å². The lowest BCUT2D eigenvalue weighted by atomic mass is 10.1. The zero-order chi connectivity index (χ0) is 10.1. The van der Waals surface area contributed by atoms with Gasteiger partial charge in [0, 0.05) is 12.6 Å². The molecule has 0 unspecified atom stereocenters. The number of nitrogens with two attached hydrogens (primary N) is 1. The van der Waals surface area contributed by atoms with E-state index in [2.05, 4.69) is 5.10 Å². The SMILES string of the molecule is Cn1ncc(-c2cccc(F)c2)c1N. The quantitative estimate of drug-likeness (QED) is 0.747. The summed E-state index contributed by atoms with van der Waals surface area (Å²) in [7, 11) is 1.75. The van der Waals surface area contributed by atoms with Crippen molar-refractivity contribution in [1.29, 1.82) is 0 Å². The van der Waals surface area contributed by atoms with Crippen molar-refractivity contribution >= 4 is 5.82 Å². The van der Waals surface area contributed by atoms with Gasteiger partial charge >= 0.3 is 0 Å². The van der Waals surface area contributed by atoms with E-state index in [9.17, 15) is 4.39 Å². The number of hydrogen-bond acceptors (Lipinski definition) is 2. The van der Waals surface area contributed by atoms with Gasteiger partial charge in [-0.25, -0.2) is 4.39 Å². The van der Waals surface area contributed by atoms with Crippen molar-refractivity contribution in [2.24, 2.45) is 7.05 Å². The largest absolute Gasteiger partial charge is 0.383 e. The molecule has 2 aromatic rings. The minimum Gasteiger partial charge on any atom is -0.383 e. The number of rotatable bonds is 1. The summed E-state index contributed by atoms with van der Waals surface area (Å²) in [4.78, 5) is 0. The van der Waals surface area contributed by atoms with Gasteiger partial charge in [0.05, 0.1) is 6.20 Å². The molecule has 3 nitrogen and oxygen atoms in total. The van der Waals surface area contributed by atoms with Crippen molar-refractivity contribution < 1.29 is 4.39 Å². The maximum Gasteiger partial charge on any atom is 0.129 e. The van der Waals surface area contributed by atoms with Crippen LogP contribution in [0.4, 0.5) is 10.2 Å². The van der Waals surface area contributed by atoms with Crippen LogP contribution in [0.1, 0.15) is 0 Å². The molecule has 2 N–H and O–H groups in total. The average Bonchev–Trinajstić information content (AvgIpc) is 2.48. The summed E-state index contributed by atoms with van der Waals surface area (Å²) < 4.78 is 14.5. The Balaban J connectivity index is 2.55. The second-order valence-electron chi connectivity index (χ2n) is 3.08. The Morgan fingerprint density at radius 3 is 2.79 bits per heavy atom. The highest BCUT2D eigenvalue weighted by atomic mass is 19.1. The van der Waals surface area contributed by atoms with E-state index in [1.807, 2.05) is 0 Å².